The molecule has 0 bridgehead atoms. The predicted molar refractivity (Wildman–Crippen MR) is 51.8 cm³/mol. The Bertz CT molecular complexity index is 554. The third kappa shape index (κ3) is 2.09. The van der Waals surface area contributed by atoms with Crippen molar-refractivity contribution in [1.29, 1.82) is 0 Å². The third-order valence-electron chi connectivity index (χ3n) is 1.38. The van der Waals surface area contributed by atoms with Crippen LogP contribution in [0.3, 0.4) is 0 Å². The van der Waals surface area contributed by atoms with Gasteiger partial charge >= 0.3 is 0 Å². The van der Waals surface area contributed by atoms with Crippen LogP contribution in [-0.4, -0.2) is 0 Å². The fourth-order valence-electron chi connectivity index (χ4n) is 0.847. The van der Waals surface area contributed by atoms with Gasteiger partial charge in [0.05, 0.1) is 6.85 Å². The Kier molecular flexibility index (Phi) is 1.15. The number of benzene rings is 2. The Balaban J connectivity index is 2.52. The summed E-state index contributed by atoms with van der Waals surface area (Å²) in [6, 6.07) is 7.27. The normalized spacial score (nSPS) is 14.9. The van der Waals surface area contributed by atoms with Crippen molar-refractivity contribution in [2.45, 2.75) is 0 Å². The summed E-state index contributed by atoms with van der Waals surface area (Å²) in [6.07, 6.45) is 0. The van der Waals surface area contributed by atoms with Gasteiger partial charge < -0.3 is 4.74 Å². The molecular formula is C12H9O. The summed E-state index contributed by atoms with van der Waals surface area (Å²) in [5.41, 5.74) is 0. The van der Waals surface area contributed by atoms with Crippen LogP contribution < -0.4 is 4.74 Å². The van der Waals surface area contributed by atoms with Gasteiger partial charge in [-0.3, -0.25) is 0 Å². The summed E-state index contributed by atoms with van der Waals surface area (Å²) in [7, 11) is 0. The lowest BCUT2D eigenvalue weighted by atomic mass is 10.3. The van der Waals surface area contributed by atoms with Crippen molar-refractivity contribution >= 4 is 0 Å². The lowest BCUT2D eigenvalue weighted by molar-refractivity contribution is 0.482. The van der Waals surface area contributed by atoms with E-state index in [1.165, 1.54) is 0 Å². The van der Waals surface area contributed by atoms with E-state index >= 15 is 0 Å². The van der Waals surface area contributed by atoms with Crippen molar-refractivity contribution < 1.29 is 11.6 Å². The minimum Gasteiger partial charge on any atom is -0.457 e. The molecule has 0 aliphatic rings. The van der Waals surface area contributed by atoms with Gasteiger partial charge in [0.1, 0.15) is 11.5 Å². The minimum atomic E-state index is -0.432. The lowest BCUT2D eigenvalue weighted by Crippen LogP contribution is -1.81. The van der Waals surface area contributed by atoms with Crippen molar-refractivity contribution in [2.24, 2.45) is 0 Å². The van der Waals surface area contributed by atoms with Crippen LogP contribution in [0.25, 0.3) is 0 Å². The first-order valence-corrected chi connectivity index (χ1v) is 3.73. The van der Waals surface area contributed by atoms with Crippen molar-refractivity contribution in [3.63, 3.8) is 0 Å². The fraction of sp³-hybridized carbons (Fsp3) is 0. The molecule has 0 spiro atoms. The summed E-state index contributed by atoms with van der Waals surface area (Å²) < 4.78 is 43.2. The summed E-state index contributed by atoms with van der Waals surface area (Å²) in [6.45, 7) is 0. The third-order valence-corrected chi connectivity index (χ3v) is 1.38. The number of ether oxygens (including phenoxy) is 1. The summed E-state index contributed by atoms with van der Waals surface area (Å²) >= 11 is 0. The molecule has 0 amide bonds. The quantitative estimate of drug-likeness (QED) is 0.679. The standard InChI is InChI=1S/C12H9O/c1-3-7-11(8-4-1)13-12-9-5-2-6-10-12/h1,3-10H/i1D,3D,4D,7D,8D. The van der Waals surface area contributed by atoms with Crippen molar-refractivity contribution in [3.8, 4) is 11.5 Å². The average molecular weight is 174 g/mol. The van der Waals surface area contributed by atoms with Crippen LogP contribution in [0.4, 0.5) is 0 Å². The molecule has 0 fully saturated rings. The van der Waals surface area contributed by atoms with Crippen LogP contribution in [0.1, 0.15) is 6.85 Å². The summed E-state index contributed by atoms with van der Waals surface area (Å²) in [5, 5.41) is 0. The SMILES string of the molecule is [2H]c1c([2H])c([2H])c(Oc2cc[c]cc2)c([2H])c1[2H]. The van der Waals surface area contributed by atoms with Crippen molar-refractivity contribution in [1.82, 2.24) is 0 Å². The molecule has 0 aliphatic heterocycles. The van der Waals surface area contributed by atoms with Crippen LogP contribution in [0, 0.1) is 6.07 Å². The van der Waals surface area contributed by atoms with Crippen molar-refractivity contribution in [3.05, 3.63) is 60.5 Å². The largest absolute Gasteiger partial charge is 0.457 e. The molecule has 63 valence electrons. The van der Waals surface area contributed by atoms with Crippen LogP contribution in [0.2, 0.25) is 0 Å². The number of para-hydroxylation sites is 1. The molecule has 2 aromatic carbocycles. The van der Waals surface area contributed by atoms with Gasteiger partial charge in [0.15, 0.2) is 0 Å². The summed E-state index contributed by atoms with van der Waals surface area (Å²) in [4.78, 5) is 0. The second kappa shape index (κ2) is 3.76. The number of hydrogen-bond acceptors (Lipinski definition) is 1. The molecule has 1 nitrogen and oxygen atoms in total. The van der Waals surface area contributed by atoms with Crippen LogP contribution in [-0.2, 0) is 0 Å². The van der Waals surface area contributed by atoms with E-state index in [9.17, 15) is 0 Å². The maximum absolute atomic E-state index is 7.68. The zero-order valence-corrected chi connectivity index (χ0v) is 6.72. The molecule has 0 unspecified atom stereocenters. The molecule has 13 heavy (non-hydrogen) atoms. The highest BCUT2D eigenvalue weighted by Gasteiger charge is 1.92. The first kappa shape index (κ1) is 3.97. The molecule has 0 aliphatic carbocycles. The first-order chi connectivity index (χ1) is 8.52. The molecule has 0 saturated carbocycles. The van der Waals surface area contributed by atoms with E-state index in [1.807, 2.05) is 0 Å². The molecule has 1 heteroatoms. The topological polar surface area (TPSA) is 9.23 Å². The van der Waals surface area contributed by atoms with Gasteiger partial charge in [-0.15, -0.1) is 0 Å². The molecule has 1 radical (unpaired) electrons. The van der Waals surface area contributed by atoms with E-state index in [0.717, 1.165) is 0 Å². The Morgan fingerprint density at radius 3 is 2.38 bits per heavy atom. The predicted octanol–water partition coefficient (Wildman–Crippen LogP) is 3.28. The van der Waals surface area contributed by atoms with Crippen LogP contribution >= 0.6 is 0 Å². The van der Waals surface area contributed by atoms with Gasteiger partial charge in [-0.2, -0.15) is 0 Å². The van der Waals surface area contributed by atoms with Gasteiger partial charge in [-0.05, 0) is 30.3 Å². The second-order valence-electron chi connectivity index (χ2n) is 2.29. The van der Waals surface area contributed by atoms with E-state index in [4.69, 9.17) is 11.6 Å². The molecule has 0 heterocycles. The highest BCUT2D eigenvalue weighted by atomic mass is 16.5. The van der Waals surface area contributed by atoms with E-state index in [0.29, 0.717) is 5.75 Å². The minimum absolute atomic E-state index is 0.174. The average Bonchev–Trinajstić information content (AvgIpc) is 2.40. The van der Waals surface area contributed by atoms with Gasteiger partial charge in [0, 0.05) is 0 Å². The van der Waals surface area contributed by atoms with Crippen LogP contribution in [0.5, 0.6) is 11.5 Å². The zero-order chi connectivity index (χ0) is 13.3. The number of hydrogen-bond donors (Lipinski definition) is 0. The first-order valence-electron chi connectivity index (χ1n) is 6.23. The Hall–Kier alpha value is -1.76. The van der Waals surface area contributed by atoms with E-state index in [2.05, 4.69) is 6.07 Å². The molecular weight excluding hydrogens is 160 g/mol. The molecule has 2 rings (SSSR count). The maximum Gasteiger partial charge on any atom is 0.127 e. The summed E-state index contributed by atoms with van der Waals surface area (Å²) in [5.74, 6) is 0.222. The van der Waals surface area contributed by atoms with E-state index < -0.39 is 18.1 Å². The van der Waals surface area contributed by atoms with E-state index in [-0.39, 0.29) is 17.8 Å². The van der Waals surface area contributed by atoms with E-state index in [1.54, 1.807) is 24.3 Å². The Morgan fingerprint density at radius 2 is 1.69 bits per heavy atom. The molecule has 0 saturated heterocycles. The van der Waals surface area contributed by atoms with Gasteiger partial charge in [-0.1, -0.05) is 30.3 Å². The molecule has 0 N–H and O–H groups in total. The second-order valence-corrected chi connectivity index (χ2v) is 2.29. The maximum atomic E-state index is 7.68. The lowest BCUT2D eigenvalue weighted by Gasteiger charge is -2.03. The Labute approximate surface area is 84.6 Å². The van der Waals surface area contributed by atoms with Crippen molar-refractivity contribution in [2.75, 3.05) is 0 Å². The fourth-order valence-corrected chi connectivity index (χ4v) is 0.847. The smallest absolute Gasteiger partial charge is 0.127 e. The monoisotopic (exact) mass is 174 g/mol. The van der Waals surface area contributed by atoms with Gasteiger partial charge in [0.25, 0.3) is 0 Å². The molecule has 0 atom stereocenters. The highest BCUT2D eigenvalue weighted by Crippen LogP contribution is 2.19. The zero-order valence-electron chi connectivity index (χ0n) is 11.7. The molecule has 2 aromatic rings. The Morgan fingerprint density at radius 1 is 1.00 bits per heavy atom. The van der Waals surface area contributed by atoms with Crippen LogP contribution in [0.15, 0.2) is 54.5 Å². The molecule has 0 aromatic heterocycles. The van der Waals surface area contributed by atoms with Gasteiger partial charge in [0.2, 0.25) is 0 Å². The number of rotatable bonds is 2. The van der Waals surface area contributed by atoms with Gasteiger partial charge in [-0.25, -0.2) is 0 Å². The highest BCUT2D eigenvalue weighted by molar-refractivity contribution is 5.29.